The van der Waals surface area contributed by atoms with Crippen molar-refractivity contribution in [2.45, 2.75) is 20.8 Å². The number of hydrogen-bond acceptors (Lipinski definition) is 8. The van der Waals surface area contributed by atoms with Crippen LogP contribution in [0.2, 0.25) is 0 Å². The number of esters is 1. The van der Waals surface area contributed by atoms with Crippen molar-refractivity contribution in [1.29, 1.82) is 0 Å². The maximum atomic E-state index is 12.3. The van der Waals surface area contributed by atoms with Crippen LogP contribution in [0.3, 0.4) is 0 Å². The summed E-state index contributed by atoms with van der Waals surface area (Å²) >= 11 is 0. The first-order valence-electron chi connectivity index (χ1n) is 7.65. The van der Waals surface area contributed by atoms with E-state index in [0.29, 0.717) is 11.4 Å². The molecule has 0 radical (unpaired) electrons. The Bertz CT molecular complexity index is 848. The van der Waals surface area contributed by atoms with Crippen LogP contribution in [0.5, 0.6) is 0 Å². The lowest BCUT2D eigenvalue weighted by atomic mass is 10.1. The van der Waals surface area contributed by atoms with E-state index in [1.165, 1.54) is 6.07 Å². The van der Waals surface area contributed by atoms with Crippen molar-refractivity contribution in [1.82, 2.24) is 15.4 Å². The monoisotopic (exact) mass is 359 g/mol. The zero-order valence-electron chi connectivity index (χ0n) is 14.4. The minimum atomic E-state index is -0.754. The van der Waals surface area contributed by atoms with Gasteiger partial charge in [-0.3, -0.25) is 25.8 Å². The number of benzene rings is 1. The number of anilines is 1. The highest BCUT2D eigenvalue weighted by molar-refractivity contribution is 5.99. The van der Waals surface area contributed by atoms with Crippen molar-refractivity contribution in [2.24, 2.45) is 0 Å². The summed E-state index contributed by atoms with van der Waals surface area (Å²) in [5.74, 6) is -1.27. The van der Waals surface area contributed by atoms with Crippen molar-refractivity contribution in [3.05, 3.63) is 56.9 Å². The van der Waals surface area contributed by atoms with Gasteiger partial charge in [0.25, 0.3) is 11.6 Å². The van der Waals surface area contributed by atoms with Gasteiger partial charge in [-0.2, -0.15) is 0 Å². The number of hydrogen-bond donors (Lipinski definition) is 2. The predicted octanol–water partition coefficient (Wildman–Crippen LogP) is 1.94. The van der Waals surface area contributed by atoms with Gasteiger partial charge >= 0.3 is 5.97 Å². The summed E-state index contributed by atoms with van der Waals surface area (Å²) in [6.07, 6.45) is 0. The molecule has 1 heterocycles. The van der Waals surface area contributed by atoms with Crippen LogP contribution < -0.4 is 10.9 Å². The van der Waals surface area contributed by atoms with E-state index in [1.807, 2.05) is 0 Å². The highest BCUT2D eigenvalue weighted by Gasteiger charge is 2.18. The number of ether oxygens (including phenoxy) is 1. The first-order chi connectivity index (χ1) is 12.3. The Labute approximate surface area is 148 Å². The van der Waals surface area contributed by atoms with Crippen LogP contribution in [-0.4, -0.2) is 33.4 Å². The molecule has 10 nitrogen and oxygen atoms in total. The number of amides is 1. The molecule has 10 heteroatoms. The average Bonchev–Trinajstić information content (AvgIpc) is 2.58. The number of rotatable bonds is 6. The maximum Gasteiger partial charge on any atom is 0.338 e. The van der Waals surface area contributed by atoms with Gasteiger partial charge in [0.2, 0.25) is 5.95 Å². The van der Waals surface area contributed by atoms with E-state index in [0.717, 1.165) is 12.1 Å². The SMILES string of the molecule is CCOC(=O)c1cc(C(=O)NNc2nc(C)cc(C)n2)cc([N+](=O)[O-])c1. The van der Waals surface area contributed by atoms with E-state index in [4.69, 9.17) is 4.74 Å². The van der Waals surface area contributed by atoms with Crippen LogP contribution in [0.15, 0.2) is 24.3 Å². The maximum absolute atomic E-state index is 12.3. The third kappa shape index (κ3) is 4.72. The lowest BCUT2D eigenvalue weighted by Crippen LogP contribution is -2.30. The number of hydrazine groups is 1. The lowest BCUT2D eigenvalue weighted by Gasteiger charge is -2.09. The molecule has 0 aliphatic heterocycles. The second-order valence-corrected chi connectivity index (χ2v) is 5.30. The van der Waals surface area contributed by atoms with Crippen molar-refractivity contribution >= 4 is 23.5 Å². The second kappa shape index (κ2) is 8.01. The minimum Gasteiger partial charge on any atom is -0.462 e. The molecule has 1 aromatic heterocycles. The summed E-state index contributed by atoms with van der Waals surface area (Å²) in [6, 6.07) is 5.08. The fourth-order valence-electron chi connectivity index (χ4n) is 2.15. The number of aromatic nitrogens is 2. The van der Waals surface area contributed by atoms with Gasteiger partial charge in [-0.1, -0.05) is 0 Å². The van der Waals surface area contributed by atoms with Gasteiger partial charge < -0.3 is 4.74 Å². The zero-order valence-corrected chi connectivity index (χ0v) is 14.4. The van der Waals surface area contributed by atoms with Gasteiger partial charge in [0.1, 0.15) is 0 Å². The predicted molar refractivity (Wildman–Crippen MR) is 91.6 cm³/mol. The number of nitrogens with zero attached hydrogens (tertiary/aromatic N) is 3. The van der Waals surface area contributed by atoms with Gasteiger partial charge in [0.15, 0.2) is 0 Å². The summed E-state index contributed by atoms with van der Waals surface area (Å²) in [6.45, 7) is 5.26. The van der Waals surface area contributed by atoms with E-state index in [-0.39, 0.29) is 23.7 Å². The smallest absolute Gasteiger partial charge is 0.338 e. The van der Waals surface area contributed by atoms with Crippen LogP contribution in [0, 0.1) is 24.0 Å². The van der Waals surface area contributed by atoms with Gasteiger partial charge in [-0.25, -0.2) is 14.8 Å². The highest BCUT2D eigenvalue weighted by atomic mass is 16.6. The molecule has 2 rings (SSSR count). The Morgan fingerprint density at radius 1 is 1.12 bits per heavy atom. The number of nitro groups is 1. The summed E-state index contributed by atoms with van der Waals surface area (Å²) in [4.78, 5) is 42.7. The molecule has 1 aromatic carbocycles. The topological polar surface area (TPSA) is 136 Å². The number of nitro benzene ring substituents is 1. The number of carbonyl (C=O) groups excluding carboxylic acids is 2. The molecule has 26 heavy (non-hydrogen) atoms. The summed E-state index contributed by atoms with van der Waals surface area (Å²) in [5, 5.41) is 11.0. The Morgan fingerprint density at radius 2 is 1.73 bits per heavy atom. The van der Waals surface area contributed by atoms with Crippen LogP contribution >= 0.6 is 0 Å². The molecule has 0 fully saturated rings. The standard InChI is InChI=1S/C16H17N5O5/c1-4-26-15(23)12-6-11(7-13(8-12)21(24)25)14(22)19-20-16-17-9(2)5-10(3)18-16/h5-8H,4H2,1-3H3,(H,19,22)(H,17,18,20). The molecule has 136 valence electrons. The number of aryl methyl sites for hydroxylation is 2. The minimum absolute atomic E-state index is 0.0841. The van der Waals surface area contributed by atoms with E-state index in [2.05, 4.69) is 20.8 Å². The summed E-state index contributed by atoms with van der Waals surface area (Å²) < 4.78 is 4.82. The Kier molecular flexibility index (Phi) is 5.78. The number of nitrogens with one attached hydrogen (secondary N) is 2. The third-order valence-electron chi connectivity index (χ3n) is 3.17. The molecule has 0 aliphatic rings. The molecule has 0 spiro atoms. The molecule has 2 aromatic rings. The van der Waals surface area contributed by atoms with Gasteiger partial charge in [0, 0.05) is 29.1 Å². The Morgan fingerprint density at radius 3 is 2.31 bits per heavy atom. The zero-order chi connectivity index (χ0) is 19.3. The first-order valence-corrected chi connectivity index (χ1v) is 7.65. The van der Waals surface area contributed by atoms with Crippen molar-refractivity contribution in [2.75, 3.05) is 12.0 Å². The number of non-ortho nitro benzene ring substituents is 1. The molecule has 0 saturated carbocycles. The average molecular weight is 359 g/mol. The molecular formula is C16H17N5O5. The van der Waals surface area contributed by atoms with Gasteiger partial charge in [-0.05, 0) is 32.9 Å². The summed E-state index contributed by atoms with van der Waals surface area (Å²) in [7, 11) is 0. The molecule has 2 N–H and O–H groups in total. The molecule has 0 atom stereocenters. The van der Waals surface area contributed by atoms with Crippen LogP contribution in [0.4, 0.5) is 11.6 Å². The van der Waals surface area contributed by atoms with Crippen molar-refractivity contribution in [3.8, 4) is 0 Å². The Balaban J connectivity index is 2.23. The normalized spacial score (nSPS) is 10.1. The van der Waals surface area contributed by atoms with Crippen LogP contribution in [0.25, 0.3) is 0 Å². The largest absolute Gasteiger partial charge is 0.462 e. The lowest BCUT2D eigenvalue weighted by molar-refractivity contribution is -0.384. The molecule has 0 aliphatic carbocycles. The molecule has 0 bridgehead atoms. The first kappa shape index (κ1) is 18.8. The fourth-order valence-corrected chi connectivity index (χ4v) is 2.15. The van der Waals surface area contributed by atoms with Crippen molar-refractivity contribution < 1.29 is 19.2 Å². The van der Waals surface area contributed by atoms with Gasteiger partial charge in [0.05, 0.1) is 17.1 Å². The van der Waals surface area contributed by atoms with E-state index >= 15 is 0 Å². The van der Waals surface area contributed by atoms with E-state index < -0.39 is 22.5 Å². The third-order valence-corrected chi connectivity index (χ3v) is 3.17. The number of carbonyl (C=O) groups is 2. The molecule has 0 unspecified atom stereocenters. The van der Waals surface area contributed by atoms with Crippen molar-refractivity contribution in [3.63, 3.8) is 0 Å². The fraction of sp³-hybridized carbons (Fsp3) is 0.250. The van der Waals surface area contributed by atoms with Crippen LogP contribution in [0.1, 0.15) is 39.0 Å². The van der Waals surface area contributed by atoms with E-state index in [1.54, 1.807) is 26.8 Å². The Hall–Kier alpha value is -3.56. The molecule has 1 amide bonds. The highest BCUT2D eigenvalue weighted by Crippen LogP contribution is 2.18. The van der Waals surface area contributed by atoms with Gasteiger partial charge in [-0.15, -0.1) is 0 Å². The van der Waals surface area contributed by atoms with E-state index in [9.17, 15) is 19.7 Å². The molecule has 0 saturated heterocycles. The van der Waals surface area contributed by atoms with Crippen LogP contribution in [-0.2, 0) is 4.74 Å². The second-order valence-electron chi connectivity index (χ2n) is 5.30. The molecular weight excluding hydrogens is 342 g/mol. The quantitative estimate of drug-likeness (QED) is 0.453. The summed E-state index contributed by atoms with van der Waals surface area (Å²) in [5.41, 5.74) is 5.72.